The van der Waals surface area contributed by atoms with E-state index in [1.807, 2.05) is 55.7 Å². The summed E-state index contributed by atoms with van der Waals surface area (Å²) in [6.45, 7) is 1.57. The van der Waals surface area contributed by atoms with E-state index < -0.39 is 23.9 Å². The molecule has 41 heavy (non-hydrogen) atoms. The van der Waals surface area contributed by atoms with Gasteiger partial charge in [0, 0.05) is 36.3 Å². The van der Waals surface area contributed by atoms with Gasteiger partial charge in [-0.05, 0) is 62.6 Å². The summed E-state index contributed by atoms with van der Waals surface area (Å²) >= 11 is 0. The molecule has 1 aliphatic carbocycles. The van der Waals surface area contributed by atoms with Crippen LogP contribution in [0.15, 0.2) is 55.0 Å². The number of nitrogen functional groups attached to an aromatic ring is 1. The molecule has 5 heterocycles. The van der Waals surface area contributed by atoms with Gasteiger partial charge in [0.2, 0.25) is 0 Å². The molecule has 12 nitrogen and oxygen atoms in total. The van der Waals surface area contributed by atoms with E-state index in [1.54, 1.807) is 16.1 Å². The molecular weight excluding hydrogens is 524 g/mol. The summed E-state index contributed by atoms with van der Waals surface area (Å²) in [5.74, 6) is 1.71. The quantitative estimate of drug-likeness (QED) is 0.235. The second-order valence-corrected chi connectivity index (χ2v) is 11.1. The Morgan fingerprint density at radius 1 is 1.20 bits per heavy atom. The Morgan fingerprint density at radius 3 is 2.78 bits per heavy atom. The fraction of sp³-hybridized carbons (Fsp3) is 0.379. The van der Waals surface area contributed by atoms with Gasteiger partial charge in [0.05, 0.1) is 16.9 Å². The Kier molecular flexibility index (Phi) is 6.07. The highest BCUT2D eigenvalue weighted by molar-refractivity contribution is 5.87. The number of hydrogen-bond acceptors (Lipinski definition) is 10. The van der Waals surface area contributed by atoms with E-state index in [1.165, 1.54) is 25.6 Å². The van der Waals surface area contributed by atoms with Crippen LogP contribution in [0.3, 0.4) is 0 Å². The average Bonchev–Trinajstić information content (AvgIpc) is 3.60. The summed E-state index contributed by atoms with van der Waals surface area (Å²) in [6, 6.07) is 13.9. The minimum absolute atomic E-state index is 0.0207. The molecule has 4 aromatic heterocycles. The zero-order valence-corrected chi connectivity index (χ0v) is 22.8. The molecule has 1 saturated heterocycles. The minimum Gasteiger partial charge on any atom is -0.491 e. The van der Waals surface area contributed by atoms with Crippen molar-refractivity contribution in [2.75, 3.05) is 17.7 Å². The number of rotatable bonds is 7. The first-order valence-electron chi connectivity index (χ1n) is 13.8. The van der Waals surface area contributed by atoms with E-state index in [0.29, 0.717) is 34.3 Å². The van der Waals surface area contributed by atoms with Gasteiger partial charge in [0.1, 0.15) is 53.9 Å². The highest BCUT2D eigenvalue weighted by Crippen LogP contribution is 2.44. The maximum Gasteiger partial charge on any atom is 0.152 e. The zero-order chi connectivity index (χ0) is 28.3. The van der Waals surface area contributed by atoms with Crippen LogP contribution in [0.25, 0.3) is 27.7 Å². The zero-order valence-electron chi connectivity index (χ0n) is 22.8. The van der Waals surface area contributed by atoms with Gasteiger partial charge in [-0.1, -0.05) is 0 Å². The van der Waals surface area contributed by atoms with Gasteiger partial charge >= 0.3 is 0 Å². The van der Waals surface area contributed by atoms with Gasteiger partial charge in [0.15, 0.2) is 5.82 Å². The van der Waals surface area contributed by atoms with E-state index in [9.17, 15) is 10.2 Å². The number of nitrogens with zero attached hydrogens (tertiary/aromatic N) is 6. The number of nitrogens with one attached hydrogen (secondary N) is 1. The van der Waals surface area contributed by atoms with Crippen molar-refractivity contribution in [1.29, 1.82) is 0 Å². The van der Waals surface area contributed by atoms with Crippen LogP contribution in [-0.2, 0) is 11.8 Å². The lowest BCUT2D eigenvalue weighted by molar-refractivity contribution is -0.0664. The monoisotopic (exact) mass is 556 g/mol. The van der Waals surface area contributed by atoms with Crippen LogP contribution < -0.4 is 15.8 Å². The number of ether oxygens (including phenoxy) is 2. The molecule has 0 bridgehead atoms. The molecule has 1 aromatic carbocycles. The molecule has 12 heteroatoms. The second kappa shape index (κ2) is 9.68. The van der Waals surface area contributed by atoms with Crippen LogP contribution in [-0.4, -0.2) is 70.0 Å². The summed E-state index contributed by atoms with van der Waals surface area (Å²) in [5, 5.41) is 36.0. The summed E-state index contributed by atoms with van der Waals surface area (Å²) in [7, 11) is 1.82. The Balaban J connectivity index is 1.14. The number of fused-ring (bicyclic) bond motifs is 2. The first-order valence-corrected chi connectivity index (χ1v) is 13.8. The van der Waals surface area contributed by atoms with E-state index in [4.69, 9.17) is 20.2 Å². The first kappa shape index (κ1) is 25.7. The molecular formula is C29H32N8O4. The Hall–Kier alpha value is -4.26. The summed E-state index contributed by atoms with van der Waals surface area (Å²) in [5.41, 5.74) is 7.84. The van der Waals surface area contributed by atoms with Crippen LogP contribution in [0.4, 0.5) is 11.6 Å². The van der Waals surface area contributed by atoms with Gasteiger partial charge in [0.25, 0.3) is 0 Å². The van der Waals surface area contributed by atoms with Crippen LogP contribution in [0.1, 0.15) is 38.0 Å². The average molecular weight is 557 g/mol. The van der Waals surface area contributed by atoms with Crippen molar-refractivity contribution >= 4 is 28.1 Å². The van der Waals surface area contributed by atoms with Crippen molar-refractivity contribution in [2.45, 2.75) is 56.1 Å². The highest BCUT2D eigenvalue weighted by atomic mass is 16.6. The Labute approximate surface area is 235 Å². The normalized spacial score (nSPS) is 24.6. The molecule has 212 valence electrons. The topological polar surface area (TPSA) is 158 Å². The van der Waals surface area contributed by atoms with Crippen molar-refractivity contribution in [3.63, 3.8) is 0 Å². The lowest BCUT2D eigenvalue weighted by Gasteiger charge is -2.27. The van der Waals surface area contributed by atoms with E-state index in [2.05, 4.69) is 20.5 Å². The maximum atomic E-state index is 11.5. The number of anilines is 2. The molecule has 0 unspecified atom stereocenters. The van der Waals surface area contributed by atoms with Crippen molar-refractivity contribution in [1.82, 2.24) is 29.4 Å². The molecule has 7 rings (SSSR count). The number of hydrogen-bond donors (Lipinski definition) is 4. The molecule has 0 amide bonds. The van der Waals surface area contributed by atoms with E-state index >= 15 is 0 Å². The largest absolute Gasteiger partial charge is 0.491 e. The molecule has 2 aliphatic rings. The Bertz CT molecular complexity index is 1740. The SMILES string of the molecule is Cn1ccc(-c2cc([C@@H]3O[C@H](COc4ccc5ccc(NC6CCC6)nc5c4)[C@@H](O)[C@@]3(C)O)n3ncnc(N)c23)n1. The molecule has 0 spiro atoms. The predicted molar refractivity (Wildman–Crippen MR) is 152 cm³/mol. The highest BCUT2D eigenvalue weighted by Gasteiger charge is 2.54. The molecule has 5 N–H and O–H groups in total. The fourth-order valence-corrected chi connectivity index (χ4v) is 5.66. The third-order valence-corrected chi connectivity index (χ3v) is 8.20. The van der Waals surface area contributed by atoms with Crippen molar-refractivity contribution in [3.05, 3.63) is 60.7 Å². The van der Waals surface area contributed by atoms with Crippen molar-refractivity contribution in [3.8, 4) is 17.0 Å². The Morgan fingerprint density at radius 2 is 2.02 bits per heavy atom. The number of pyridine rings is 1. The number of aliphatic hydroxyl groups is 2. The number of aryl methyl sites for hydroxylation is 1. The van der Waals surface area contributed by atoms with Crippen LogP contribution in [0.5, 0.6) is 5.75 Å². The fourth-order valence-electron chi connectivity index (χ4n) is 5.66. The first-order chi connectivity index (χ1) is 19.8. The second-order valence-electron chi connectivity index (χ2n) is 11.1. The van der Waals surface area contributed by atoms with Crippen LogP contribution in [0, 0.1) is 0 Å². The number of nitrogens with two attached hydrogens (primary N) is 1. The van der Waals surface area contributed by atoms with Gasteiger partial charge < -0.3 is 30.7 Å². The van der Waals surface area contributed by atoms with Crippen molar-refractivity contribution < 1.29 is 19.7 Å². The van der Waals surface area contributed by atoms with E-state index in [0.717, 1.165) is 16.7 Å². The third-order valence-electron chi connectivity index (χ3n) is 8.20. The van der Waals surface area contributed by atoms with Crippen LogP contribution in [0.2, 0.25) is 0 Å². The third kappa shape index (κ3) is 4.44. The molecule has 4 atom stereocenters. The minimum atomic E-state index is -1.64. The molecule has 1 aliphatic heterocycles. The standard InChI is InChI=1S/C29H32N8O4/c1-29(39)26(38)23(14-40-18-8-6-16-7-9-24(34-21(16)12-18)33-17-4-3-5-17)41-27(29)22-13-19(20-10-11-36(2)35-20)25-28(30)31-15-32-37(22)25/h6-13,15,17,23,26-27,38-39H,3-5,14H2,1-2H3,(H,33,34)(H2,30,31,32)/t23-,26-,27+,29-/m1/s1. The summed E-state index contributed by atoms with van der Waals surface area (Å²) in [6.07, 6.45) is 3.79. The van der Waals surface area contributed by atoms with Crippen molar-refractivity contribution in [2.24, 2.45) is 7.05 Å². The summed E-state index contributed by atoms with van der Waals surface area (Å²) in [4.78, 5) is 8.90. The number of aliphatic hydroxyl groups excluding tert-OH is 1. The predicted octanol–water partition coefficient (Wildman–Crippen LogP) is 2.86. The van der Waals surface area contributed by atoms with Crippen LogP contribution >= 0.6 is 0 Å². The van der Waals surface area contributed by atoms with E-state index in [-0.39, 0.29) is 12.4 Å². The molecule has 1 saturated carbocycles. The number of benzene rings is 1. The lowest BCUT2D eigenvalue weighted by Crippen LogP contribution is -2.43. The number of aromatic nitrogens is 6. The van der Waals surface area contributed by atoms with Gasteiger partial charge in [-0.3, -0.25) is 4.68 Å². The van der Waals surface area contributed by atoms with Gasteiger partial charge in [-0.25, -0.2) is 14.5 Å². The molecule has 0 radical (unpaired) electrons. The lowest BCUT2D eigenvalue weighted by atomic mass is 9.91. The maximum absolute atomic E-state index is 11.5. The smallest absolute Gasteiger partial charge is 0.152 e. The molecule has 5 aromatic rings. The van der Waals surface area contributed by atoms with Gasteiger partial charge in [-0.15, -0.1) is 0 Å². The van der Waals surface area contributed by atoms with Gasteiger partial charge in [-0.2, -0.15) is 10.2 Å². The summed E-state index contributed by atoms with van der Waals surface area (Å²) < 4.78 is 15.6. The molecule has 2 fully saturated rings.